The summed E-state index contributed by atoms with van der Waals surface area (Å²) < 4.78 is 0. The molecule has 0 bridgehead atoms. The van der Waals surface area contributed by atoms with Crippen molar-refractivity contribution < 1.29 is 4.79 Å². The van der Waals surface area contributed by atoms with Gasteiger partial charge in [0, 0.05) is 5.57 Å². The number of fused-ring (bicyclic) bond motifs is 5. The van der Waals surface area contributed by atoms with Crippen molar-refractivity contribution in [3.05, 3.63) is 47.6 Å². The monoisotopic (exact) mass is 392 g/mol. The Hall–Kier alpha value is -1.37. The lowest BCUT2D eigenvalue weighted by Crippen LogP contribution is -2.52. The summed E-state index contributed by atoms with van der Waals surface area (Å²) in [6.45, 7) is 16.9. The van der Waals surface area contributed by atoms with E-state index in [0.29, 0.717) is 11.0 Å². The van der Waals surface area contributed by atoms with Crippen molar-refractivity contribution >= 4 is 5.78 Å². The van der Waals surface area contributed by atoms with E-state index in [1.165, 1.54) is 63.4 Å². The molecule has 3 fully saturated rings. The van der Waals surface area contributed by atoms with E-state index in [-0.39, 0.29) is 11.2 Å². The van der Waals surface area contributed by atoms with Crippen molar-refractivity contribution in [2.75, 3.05) is 0 Å². The van der Waals surface area contributed by atoms with Crippen LogP contribution in [-0.4, -0.2) is 5.78 Å². The fourth-order valence-electron chi connectivity index (χ4n) is 8.05. The Bertz CT molecular complexity index is 795. The van der Waals surface area contributed by atoms with Gasteiger partial charge in [-0.15, -0.1) is 0 Å². The zero-order valence-electron chi connectivity index (χ0n) is 19.2. The van der Waals surface area contributed by atoms with Crippen molar-refractivity contribution in [3.63, 3.8) is 0 Å². The Morgan fingerprint density at radius 2 is 1.79 bits per heavy atom. The second-order valence-corrected chi connectivity index (χ2v) is 11.2. The van der Waals surface area contributed by atoms with Gasteiger partial charge in [0.2, 0.25) is 0 Å². The van der Waals surface area contributed by atoms with Crippen LogP contribution in [0.3, 0.4) is 0 Å². The summed E-state index contributed by atoms with van der Waals surface area (Å²) in [6.07, 6.45) is 16.9. The third-order valence-corrected chi connectivity index (χ3v) is 9.75. The molecule has 6 atom stereocenters. The number of hydrogen-bond donors (Lipinski definition) is 0. The molecule has 3 saturated carbocycles. The van der Waals surface area contributed by atoms with Crippen LogP contribution >= 0.6 is 0 Å². The largest absolute Gasteiger partial charge is 0.289 e. The Balaban J connectivity index is 1.57. The molecule has 1 unspecified atom stereocenters. The zero-order valence-corrected chi connectivity index (χ0v) is 19.2. The van der Waals surface area contributed by atoms with Crippen LogP contribution in [0.1, 0.15) is 85.5 Å². The van der Waals surface area contributed by atoms with Crippen molar-refractivity contribution in [3.8, 4) is 0 Å². The molecule has 29 heavy (non-hydrogen) atoms. The predicted octanol–water partition coefficient (Wildman–Crippen LogP) is 7.60. The minimum atomic E-state index is 0.0202. The van der Waals surface area contributed by atoms with Gasteiger partial charge >= 0.3 is 0 Å². The van der Waals surface area contributed by atoms with Crippen molar-refractivity contribution in [1.82, 2.24) is 0 Å². The van der Waals surface area contributed by atoms with E-state index < -0.39 is 0 Å². The molecule has 0 aliphatic heterocycles. The molecule has 1 heteroatoms. The van der Waals surface area contributed by atoms with Gasteiger partial charge in [-0.1, -0.05) is 45.9 Å². The lowest BCUT2D eigenvalue weighted by molar-refractivity contribution is -0.111. The van der Waals surface area contributed by atoms with E-state index in [0.717, 1.165) is 34.8 Å². The van der Waals surface area contributed by atoms with Crippen molar-refractivity contribution in [2.24, 2.45) is 34.5 Å². The molecule has 0 aromatic heterocycles. The smallest absolute Gasteiger partial charge is 0.185 e. The first-order valence-corrected chi connectivity index (χ1v) is 12.0. The maximum Gasteiger partial charge on any atom is 0.185 e. The highest BCUT2D eigenvalue weighted by Gasteiger charge is 2.57. The van der Waals surface area contributed by atoms with Crippen LogP contribution in [0, 0.1) is 34.5 Å². The maximum atomic E-state index is 12.6. The number of hydrogen-bond acceptors (Lipinski definition) is 1. The van der Waals surface area contributed by atoms with Gasteiger partial charge in [0.05, 0.1) is 0 Å². The standard InChI is InChI=1S/C28H40O/c1-18(2)20(4)26(29)17-19(3)23-12-13-24-22-11-10-21-9-7-8-15-27(21,5)25(22)14-16-28(23,24)6/h12,17,21-22,24-25H,1,4,7-11,13-16H2,2-3,5-6H3/t21?,22-,24-,25-,27-,28+/m0/s1. The first-order chi connectivity index (χ1) is 13.7. The summed E-state index contributed by atoms with van der Waals surface area (Å²) in [4.78, 5) is 12.6. The van der Waals surface area contributed by atoms with Gasteiger partial charge in [0.25, 0.3) is 0 Å². The summed E-state index contributed by atoms with van der Waals surface area (Å²) in [5.74, 6) is 3.55. The molecule has 4 aliphatic rings. The quantitative estimate of drug-likeness (QED) is 0.355. The van der Waals surface area contributed by atoms with Crippen LogP contribution < -0.4 is 0 Å². The Morgan fingerprint density at radius 3 is 2.52 bits per heavy atom. The molecule has 158 valence electrons. The van der Waals surface area contributed by atoms with Gasteiger partial charge in [-0.25, -0.2) is 0 Å². The molecule has 0 aromatic rings. The molecule has 0 aromatic carbocycles. The van der Waals surface area contributed by atoms with Crippen LogP contribution in [0.4, 0.5) is 0 Å². The third kappa shape index (κ3) is 3.24. The zero-order chi connectivity index (χ0) is 21.0. The Morgan fingerprint density at radius 1 is 1.03 bits per heavy atom. The highest BCUT2D eigenvalue weighted by atomic mass is 16.1. The first kappa shape index (κ1) is 20.9. The third-order valence-electron chi connectivity index (χ3n) is 9.75. The van der Waals surface area contributed by atoms with E-state index in [1.54, 1.807) is 0 Å². The number of allylic oxidation sites excluding steroid dienone is 6. The van der Waals surface area contributed by atoms with Gasteiger partial charge in [0.15, 0.2) is 5.78 Å². The first-order valence-electron chi connectivity index (χ1n) is 12.0. The van der Waals surface area contributed by atoms with Gasteiger partial charge in [0.1, 0.15) is 0 Å². The molecule has 0 N–H and O–H groups in total. The average Bonchev–Trinajstić information content (AvgIpc) is 3.04. The van der Waals surface area contributed by atoms with E-state index in [1.807, 2.05) is 13.0 Å². The van der Waals surface area contributed by atoms with Crippen LogP contribution in [0.2, 0.25) is 0 Å². The SMILES string of the molecule is C=C(C)C(=C)C(=O)C=C(C)C1=CC[C@H]2[C@@H]3CCC4CCCC[C@]4(C)[C@H]3CC[C@]12C. The van der Waals surface area contributed by atoms with Crippen LogP contribution in [0.15, 0.2) is 47.6 Å². The fraction of sp³-hybridized carbons (Fsp3) is 0.679. The number of carbonyl (C=O) groups excluding carboxylic acids is 1. The molecule has 4 aliphatic carbocycles. The second kappa shape index (κ2) is 7.40. The summed E-state index contributed by atoms with van der Waals surface area (Å²) in [6, 6.07) is 0. The average molecular weight is 393 g/mol. The Labute approximate surface area is 178 Å². The van der Waals surface area contributed by atoms with Gasteiger partial charge in [-0.3, -0.25) is 4.79 Å². The summed E-state index contributed by atoms with van der Waals surface area (Å²) in [5.41, 5.74) is 4.73. The topological polar surface area (TPSA) is 17.1 Å². The lowest BCUT2D eigenvalue weighted by atomic mass is 9.45. The minimum absolute atomic E-state index is 0.0202. The van der Waals surface area contributed by atoms with Crippen molar-refractivity contribution in [1.29, 1.82) is 0 Å². The van der Waals surface area contributed by atoms with Crippen LogP contribution in [0.25, 0.3) is 0 Å². The molecule has 0 amide bonds. The van der Waals surface area contributed by atoms with Crippen molar-refractivity contribution in [2.45, 2.75) is 85.5 Å². The lowest BCUT2D eigenvalue weighted by Gasteiger charge is -2.60. The van der Waals surface area contributed by atoms with Gasteiger partial charge in [-0.2, -0.15) is 0 Å². The Kier molecular flexibility index (Phi) is 5.33. The molecule has 1 nitrogen and oxygen atoms in total. The molecule has 4 rings (SSSR count). The number of ketones is 1. The fourth-order valence-corrected chi connectivity index (χ4v) is 8.05. The summed E-state index contributed by atoms with van der Waals surface area (Å²) in [5, 5.41) is 0. The second-order valence-electron chi connectivity index (χ2n) is 11.2. The normalized spacial score (nSPS) is 41.7. The highest BCUT2D eigenvalue weighted by molar-refractivity contribution is 6.07. The molecule has 0 radical (unpaired) electrons. The molecule has 0 saturated heterocycles. The van der Waals surface area contributed by atoms with E-state index in [4.69, 9.17) is 0 Å². The van der Waals surface area contributed by atoms with Crippen LogP contribution in [0.5, 0.6) is 0 Å². The number of carbonyl (C=O) groups is 1. The summed E-state index contributed by atoms with van der Waals surface area (Å²) >= 11 is 0. The summed E-state index contributed by atoms with van der Waals surface area (Å²) in [7, 11) is 0. The molecule has 0 spiro atoms. The maximum absolute atomic E-state index is 12.6. The van der Waals surface area contributed by atoms with Gasteiger partial charge in [-0.05, 0) is 116 Å². The van der Waals surface area contributed by atoms with E-state index in [9.17, 15) is 4.79 Å². The molecular formula is C28H40O. The van der Waals surface area contributed by atoms with E-state index >= 15 is 0 Å². The highest BCUT2D eigenvalue weighted by Crippen LogP contribution is 2.66. The molecular weight excluding hydrogens is 352 g/mol. The predicted molar refractivity (Wildman–Crippen MR) is 123 cm³/mol. The van der Waals surface area contributed by atoms with E-state index in [2.05, 4.69) is 40.0 Å². The number of rotatable bonds is 4. The van der Waals surface area contributed by atoms with Crippen LogP contribution in [-0.2, 0) is 4.79 Å². The van der Waals surface area contributed by atoms with Gasteiger partial charge < -0.3 is 0 Å². The molecule has 0 heterocycles. The minimum Gasteiger partial charge on any atom is -0.289 e.